The van der Waals surface area contributed by atoms with E-state index in [2.05, 4.69) is 0 Å². The van der Waals surface area contributed by atoms with Crippen molar-refractivity contribution >= 4 is 11.8 Å². The maximum atomic E-state index is 15.0. The summed E-state index contributed by atoms with van der Waals surface area (Å²) in [4.78, 5) is 12.2. The van der Waals surface area contributed by atoms with Gasteiger partial charge in [-0.15, -0.1) is 0 Å². The molecule has 0 amide bonds. The standard InChI is InChI=1S/C20H21FO2/c1-4-23-20(22)18(13-16-11-9-14(2)10-12-16)19(21)17-8-6-5-7-15(17)3/h5-12H,4,13H2,1-3H3/b19-18+. The van der Waals surface area contributed by atoms with Gasteiger partial charge in [0.2, 0.25) is 0 Å². The lowest BCUT2D eigenvalue weighted by Gasteiger charge is -2.11. The summed E-state index contributed by atoms with van der Waals surface area (Å²) in [5.41, 5.74) is 3.28. The lowest BCUT2D eigenvalue weighted by atomic mass is 9.98. The predicted molar refractivity (Wildman–Crippen MR) is 90.7 cm³/mol. The summed E-state index contributed by atoms with van der Waals surface area (Å²) in [6, 6.07) is 14.8. The zero-order chi connectivity index (χ0) is 16.8. The first-order chi connectivity index (χ1) is 11.0. The van der Waals surface area contributed by atoms with Crippen LogP contribution in [0.2, 0.25) is 0 Å². The molecule has 0 saturated heterocycles. The maximum absolute atomic E-state index is 15.0. The summed E-state index contributed by atoms with van der Waals surface area (Å²) in [7, 11) is 0. The van der Waals surface area contributed by atoms with Crippen molar-refractivity contribution in [2.24, 2.45) is 0 Å². The van der Waals surface area contributed by atoms with Crippen molar-refractivity contribution in [3.63, 3.8) is 0 Å². The number of hydrogen-bond donors (Lipinski definition) is 0. The lowest BCUT2D eigenvalue weighted by Crippen LogP contribution is -2.12. The predicted octanol–water partition coefficient (Wildman–Crippen LogP) is 4.79. The molecular weight excluding hydrogens is 291 g/mol. The molecule has 0 aliphatic carbocycles. The van der Waals surface area contributed by atoms with Crippen LogP contribution in [0.25, 0.3) is 5.83 Å². The molecule has 3 heteroatoms. The highest BCUT2D eigenvalue weighted by Crippen LogP contribution is 2.26. The van der Waals surface area contributed by atoms with Crippen molar-refractivity contribution in [1.82, 2.24) is 0 Å². The van der Waals surface area contributed by atoms with Crippen molar-refractivity contribution in [3.8, 4) is 0 Å². The van der Waals surface area contributed by atoms with Crippen LogP contribution >= 0.6 is 0 Å². The fraction of sp³-hybridized carbons (Fsp3) is 0.250. The fourth-order valence-electron chi connectivity index (χ4n) is 2.35. The molecule has 0 N–H and O–H groups in total. The molecule has 2 rings (SSSR count). The molecule has 0 heterocycles. The highest BCUT2D eigenvalue weighted by atomic mass is 19.1. The molecule has 120 valence electrons. The first-order valence-electron chi connectivity index (χ1n) is 7.70. The van der Waals surface area contributed by atoms with Crippen LogP contribution in [0.3, 0.4) is 0 Å². The SMILES string of the molecule is CCOC(=O)/C(Cc1ccc(C)cc1)=C(/F)c1ccccc1C. The van der Waals surface area contributed by atoms with Gasteiger partial charge >= 0.3 is 5.97 Å². The number of carbonyl (C=O) groups is 1. The van der Waals surface area contributed by atoms with Gasteiger partial charge in [0.25, 0.3) is 0 Å². The van der Waals surface area contributed by atoms with Gasteiger partial charge in [0.1, 0.15) is 5.83 Å². The normalized spacial score (nSPS) is 11.8. The summed E-state index contributed by atoms with van der Waals surface area (Å²) >= 11 is 0. The topological polar surface area (TPSA) is 26.3 Å². The molecule has 0 bridgehead atoms. The molecule has 23 heavy (non-hydrogen) atoms. The van der Waals surface area contributed by atoms with E-state index in [1.807, 2.05) is 50.2 Å². The van der Waals surface area contributed by atoms with E-state index in [4.69, 9.17) is 4.74 Å². The number of benzene rings is 2. The Balaban J connectivity index is 2.44. The van der Waals surface area contributed by atoms with Gasteiger partial charge < -0.3 is 4.74 Å². The number of hydrogen-bond acceptors (Lipinski definition) is 2. The number of ether oxygens (including phenoxy) is 1. The van der Waals surface area contributed by atoms with Gasteiger partial charge in [-0.25, -0.2) is 9.18 Å². The van der Waals surface area contributed by atoms with Crippen LogP contribution < -0.4 is 0 Å². The number of halogens is 1. The van der Waals surface area contributed by atoms with E-state index >= 15 is 0 Å². The van der Waals surface area contributed by atoms with Crippen molar-refractivity contribution < 1.29 is 13.9 Å². The summed E-state index contributed by atoms with van der Waals surface area (Å²) in [5, 5.41) is 0. The Morgan fingerprint density at radius 2 is 1.70 bits per heavy atom. The Kier molecular flexibility index (Phi) is 5.69. The Bertz CT molecular complexity index is 715. The van der Waals surface area contributed by atoms with Crippen LogP contribution in [-0.4, -0.2) is 12.6 Å². The summed E-state index contributed by atoms with van der Waals surface area (Å²) < 4.78 is 20.0. The summed E-state index contributed by atoms with van der Waals surface area (Å²) in [6.45, 7) is 5.74. The Hall–Kier alpha value is -2.42. The van der Waals surface area contributed by atoms with E-state index < -0.39 is 11.8 Å². The van der Waals surface area contributed by atoms with E-state index in [9.17, 15) is 9.18 Å². The van der Waals surface area contributed by atoms with Gasteiger partial charge in [0.05, 0.1) is 12.2 Å². The van der Waals surface area contributed by atoms with Gasteiger partial charge in [-0.3, -0.25) is 0 Å². The zero-order valence-electron chi connectivity index (χ0n) is 13.7. The molecule has 0 radical (unpaired) electrons. The molecule has 0 spiro atoms. The third kappa shape index (κ3) is 4.28. The van der Waals surface area contributed by atoms with Crippen molar-refractivity contribution in [1.29, 1.82) is 0 Å². The van der Waals surface area contributed by atoms with Crippen LogP contribution in [0.15, 0.2) is 54.1 Å². The van der Waals surface area contributed by atoms with Crippen molar-refractivity contribution in [2.75, 3.05) is 6.61 Å². The van der Waals surface area contributed by atoms with Gasteiger partial charge in [-0.2, -0.15) is 0 Å². The van der Waals surface area contributed by atoms with Gasteiger partial charge in [-0.05, 0) is 31.9 Å². The maximum Gasteiger partial charge on any atom is 0.337 e. The molecule has 2 aromatic rings. The summed E-state index contributed by atoms with van der Waals surface area (Å²) in [6.07, 6.45) is 0.208. The number of esters is 1. The quantitative estimate of drug-likeness (QED) is 0.586. The van der Waals surface area contributed by atoms with E-state index in [1.54, 1.807) is 19.1 Å². The Morgan fingerprint density at radius 1 is 1.04 bits per heavy atom. The molecule has 0 aromatic heterocycles. The average Bonchev–Trinajstić information content (AvgIpc) is 2.54. The van der Waals surface area contributed by atoms with E-state index in [0.29, 0.717) is 5.56 Å². The van der Waals surface area contributed by atoms with Crippen LogP contribution in [0.5, 0.6) is 0 Å². The smallest absolute Gasteiger partial charge is 0.337 e. The van der Waals surface area contributed by atoms with Crippen LogP contribution in [0.1, 0.15) is 29.2 Å². The zero-order valence-corrected chi connectivity index (χ0v) is 13.7. The van der Waals surface area contributed by atoms with Crippen LogP contribution in [-0.2, 0) is 16.0 Å². The minimum absolute atomic E-state index is 0.0602. The van der Waals surface area contributed by atoms with Crippen LogP contribution in [0, 0.1) is 13.8 Å². The molecule has 0 fully saturated rings. The number of rotatable bonds is 5. The second kappa shape index (κ2) is 7.73. The molecule has 0 aliphatic heterocycles. The first-order valence-corrected chi connectivity index (χ1v) is 7.70. The van der Waals surface area contributed by atoms with Gasteiger partial charge in [-0.1, -0.05) is 54.1 Å². The van der Waals surface area contributed by atoms with E-state index in [-0.39, 0.29) is 18.6 Å². The van der Waals surface area contributed by atoms with Crippen molar-refractivity contribution in [3.05, 3.63) is 76.4 Å². The minimum atomic E-state index is -0.603. The molecule has 0 unspecified atom stereocenters. The number of carbonyl (C=O) groups excluding carboxylic acids is 1. The molecule has 2 aromatic carbocycles. The van der Waals surface area contributed by atoms with Gasteiger partial charge in [0.15, 0.2) is 0 Å². The Labute approximate surface area is 136 Å². The highest BCUT2D eigenvalue weighted by molar-refractivity contribution is 5.96. The third-order valence-corrected chi connectivity index (χ3v) is 3.67. The fourth-order valence-corrected chi connectivity index (χ4v) is 2.35. The largest absolute Gasteiger partial charge is 0.463 e. The molecule has 0 saturated carbocycles. The third-order valence-electron chi connectivity index (χ3n) is 3.67. The Morgan fingerprint density at radius 3 is 2.30 bits per heavy atom. The van der Waals surface area contributed by atoms with E-state index in [0.717, 1.165) is 16.7 Å². The molecular formula is C20H21FO2. The lowest BCUT2D eigenvalue weighted by molar-refractivity contribution is -0.138. The van der Waals surface area contributed by atoms with Crippen molar-refractivity contribution in [2.45, 2.75) is 27.2 Å². The molecule has 2 nitrogen and oxygen atoms in total. The van der Waals surface area contributed by atoms with Crippen LogP contribution in [0.4, 0.5) is 4.39 Å². The summed E-state index contributed by atoms with van der Waals surface area (Å²) in [5.74, 6) is -1.11. The second-order valence-corrected chi connectivity index (χ2v) is 5.49. The molecule has 0 aliphatic rings. The average molecular weight is 312 g/mol. The highest BCUT2D eigenvalue weighted by Gasteiger charge is 2.20. The molecule has 0 atom stereocenters. The number of aryl methyl sites for hydroxylation is 2. The second-order valence-electron chi connectivity index (χ2n) is 5.49. The first kappa shape index (κ1) is 16.9. The van der Waals surface area contributed by atoms with E-state index in [1.165, 1.54) is 0 Å². The monoisotopic (exact) mass is 312 g/mol. The minimum Gasteiger partial charge on any atom is -0.463 e. The van der Waals surface area contributed by atoms with Gasteiger partial charge in [0, 0.05) is 12.0 Å².